The van der Waals surface area contributed by atoms with Crippen molar-refractivity contribution in [3.05, 3.63) is 47.9 Å². The number of pyridine rings is 1. The molecule has 1 saturated carbocycles. The van der Waals surface area contributed by atoms with E-state index in [1.165, 1.54) is 12.1 Å². The van der Waals surface area contributed by atoms with Crippen LogP contribution in [-0.2, 0) is 34.5 Å². The van der Waals surface area contributed by atoms with Crippen molar-refractivity contribution in [1.29, 1.82) is 0 Å². The molecule has 1 aromatic carbocycles. The quantitative estimate of drug-likeness (QED) is 0.484. The van der Waals surface area contributed by atoms with Crippen molar-refractivity contribution in [2.24, 2.45) is 18.0 Å². The predicted octanol–water partition coefficient (Wildman–Crippen LogP) is 3.99. The molecule has 0 radical (unpaired) electrons. The van der Waals surface area contributed by atoms with Crippen LogP contribution in [0.5, 0.6) is 0 Å². The van der Waals surface area contributed by atoms with Crippen molar-refractivity contribution >= 4 is 38.4 Å². The number of rotatable bonds is 8. The van der Waals surface area contributed by atoms with Gasteiger partial charge in [-0.05, 0) is 30.7 Å². The molecule has 0 amide bonds. The fraction of sp³-hybridized carbons (Fsp3) is 0.333. The van der Waals surface area contributed by atoms with Gasteiger partial charge in [0.25, 0.3) is 6.43 Å². The second kappa shape index (κ2) is 8.84. The number of fused-ring (bicyclic) bond motifs is 1. The number of carbonyl (C=O) groups is 1. The summed E-state index contributed by atoms with van der Waals surface area (Å²) in [4.78, 5) is 20.7. The minimum Gasteiger partial charge on any atom is -0.353 e. The van der Waals surface area contributed by atoms with Crippen LogP contribution in [0.1, 0.15) is 17.8 Å². The lowest BCUT2D eigenvalue weighted by atomic mass is 10.1. The standard InChI is InChI=1S/C24H22F3N5O3S/c1-32-6-5-16(31-32)12-3-4-17(22(7-12)36(2,34)35)29-18-8-13(9-21(33)14-10-15(14)25)28-19-11-20(24(26)27)30-23(18)19/h3-8,14-15,24H,9-11H2,1-2H3,(H,28,29)/t14-,15+/m1/s1. The average Bonchev–Trinajstić information content (AvgIpc) is 3.17. The normalized spacial score (nSPS) is 18.8. The maximum absolute atomic E-state index is 13.4. The predicted molar refractivity (Wildman–Crippen MR) is 128 cm³/mol. The molecular formula is C24H22F3N5O3S. The van der Waals surface area contributed by atoms with Crippen LogP contribution in [-0.4, -0.2) is 53.5 Å². The molecule has 0 bridgehead atoms. The largest absolute Gasteiger partial charge is 0.353 e. The second-order valence-electron chi connectivity index (χ2n) is 9.02. The van der Waals surface area contributed by atoms with Crippen LogP contribution in [0.25, 0.3) is 11.3 Å². The van der Waals surface area contributed by atoms with Crippen molar-refractivity contribution in [2.75, 3.05) is 11.6 Å². The number of nitrogens with zero attached hydrogens (tertiary/aromatic N) is 4. The Morgan fingerprint density at radius 1 is 1.22 bits per heavy atom. The fourth-order valence-corrected chi connectivity index (χ4v) is 5.04. The van der Waals surface area contributed by atoms with Gasteiger partial charge in [0.2, 0.25) is 0 Å². The number of halogens is 3. The molecule has 36 heavy (non-hydrogen) atoms. The number of aromatic nitrogens is 3. The van der Waals surface area contributed by atoms with E-state index < -0.39 is 28.4 Å². The number of anilines is 2. The summed E-state index contributed by atoms with van der Waals surface area (Å²) in [5, 5.41) is 7.31. The van der Waals surface area contributed by atoms with Gasteiger partial charge in [-0.25, -0.2) is 26.6 Å². The van der Waals surface area contributed by atoms with Crippen LogP contribution in [0, 0.1) is 5.92 Å². The van der Waals surface area contributed by atoms with E-state index in [0.717, 1.165) is 6.26 Å². The number of aryl methyl sites for hydroxylation is 1. The molecule has 1 N–H and O–H groups in total. The molecule has 188 valence electrons. The molecule has 0 saturated heterocycles. The Balaban J connectivity index is 1.55. The summed E-state index contributed by atoms with van der Waals surface area (Å²) in [7, 11) is -1.97. The summed E-state index contributed by atoms with van der Waals surface area (Å²) < 4.78 is 67.0. The Morgan fingerprint density at radius 2 is 1.97 bits per heavy atom. The first kappa shape index (κ1) is 24.2. The number of sulfone groups is 1. The number of ketones is 1. The van der Waals surface area contributed by atoms with Gasteiger partial charge in [-0.3, -0.25) is 14.5 Å². The molecule has 1 aliphatic heterocycles. The van der Waals surface area contributed by atoms with Gasteiger partial charge in [0.1, 0.15) is 17.6 Å². The van der Waals surface area contributed by atoms with Crippen LogP contribution in [0.15, 0.2) is 46.4 Å². The minimum atomic E-state index is -3.72. The van der Waals surface area contributed by atoms with E-state index in [2.05, 4.69) is 20.4 Å². The highest BCUT2D eigenvalue weighted by molar-refractivity contribution is 7.90. The van der Waals surface area contributed by atoms with Gasteiger partial charge in [-0.2, -0.15) is 5.10 Å². The number of carbonyl (C=O) groups excluding carboxylic acids is 1. The van der Waals surface area contributed by atoms with Gasteiger partial charge in [-0.15, -0.1) is 0 Å². The summed E-state index contributed by atoms with van der Waals surface area (Å²) in [6, 6.07) is 7.95. The number of aliphatic imine (C=N–C) groups is 1. The van der Waals surface area contributed by atoms with E-state index in [4.69, 9.17) is 0 Å². The molecule has 8 nitrogen and oxygen atoms in total. The van der Waals surface area contributed by atoms with E-state index in [0.29, 0.717) is 11.3 Å². The molecule has 0 spiro atoms. The van der Waals surface area contributed by atoms with E-state index >= 15 is 0 Å². The highest BCUT2D eigenvalue weighted by Gasteiger charge is 2.43. The molecule has 1 aliphatic carbocycles. The molecule has 2 aliphatic rings. The molecule has 2 atom stereocenters. The highest BCUT2D eigenvalue weighted by Crippen LogP contribution is 2.40. The molecule has 5 rings (SSSR count). The maximum atomic E-state index is 13.4. The molecule has 3 heterocycles. The molecule has 0 unspecified atom stereocenters. The molecule has 3 aromatic rings. The minimum absolute atomic E-state index is 0.0249. The third kappa shape index (κ3) is 4.77. The smallest absolute Gasteiger partial charge is 0.277 e. The van der Waals surface area contributed by atoms with Gasteiger partial charge in [0.15, 0.2) is 9.84 Å². The first-order valence-corrected chi connectivity index (χ1v) is 13.0. The summed E-state index contributed by atoms with van der Waals surface area (Å²) in [6.45, 7) is 0. The van der Waals surface area contributed by atoms with E-state index in [1.54, 1.807) is 36.1 Å². The first-order valence-electron chi connectivity index (χ1n) is 11.2. The van der Waals surface area contributed by atoms with Crippen molar-refractivity contribution < 1.29 is 26.4 Å². The number of hydrogen-bond acceptors (Lipinski definition) is 7. The first-order chi connectivity index (χ1) is 17.0. The summed E-state index contributed by atoms with van der Waals surface area (Å²) in [5.74, 6) is -0.981. The van der Waals surface area contributed by atoms with Crippen molar-refractivity contribution in [3.8, 4) is 11.3 Å². The van der Waals surface area contributed by atoms with E-state index in [1.807, 2.05) is 0 Å². The lowest BCUT2D eigenvalue weighted by Crippen LogP contribution is -2.12. The van der Waals surface area contributed by atoms with Gasteiger partial charge in [0, 0.05) is 37.9 Å². The average molecular weight is 518 g/mol. The van der Waals surface area contributed by atoms with Crippen molar-refractivity contribution in [1.82, 2.24) is 14.8 Å². The zero-order valence-electron chi connectivity index (χ0n) is 19.4. The van der Waals surface area contributed by atoms with Crippen molar-refractivity contribution in [2.45, 2.75) is 36.8 Å². The lowest BCUT2D eigenvalue weighted by Gasteiger charge is -2.15. The lowest BCUT2D eigenvalue weighted by molar-refractivity contribution is -0.120. The Morgan fingerprint density at radius 3 is 2.58 bits per heavy atom. The summed E-state index contributed by atoms with van der Waals surface area (Å²) in [5.41, 5.74) is 1.91. The second-order valence-corrected chi connectivity index (χ2v) is 11.0. The van der Waals surface area contributed by atoms with Crippen LogP contribution in [0.2, 0.25) is 0 Å². The molecule has 2 aromatic heterocycles. The Bertz CT molecular complexity index is 1520. The summed E-state index contributed by atoms with van der Waals surface area (Å²) >= 11 is 0. The number of alkyl halides is 3. The number of Topliss-reactive ketones (excluding diaryl/α,β-unsaturated/α-hetero) is 1. The number of hydrogen-bond donors (Lipinski definition) is 1. The Kier molecular flexibility index (Phi) is 5.93. The zero-order valence-corrected chi connectivity index (χ0v) is 20.2. The van der Waals surface area contributed by atoms with Crippen LogP contribution in [0.4, 0.5) is 30.2 Å². The van der Waals surface area contributed by atoms with Crippen molar-refractivity contribution in [3.63, 3.8) is 0 Å². The van der Waals surface area contributed by atoms with E-state index in [-0.39, 0.29) is 64.1 Å². The molecule has 1 fully saturated rings. The topological polar surface area (TPSA) is 106 Å². The Labute approximate surface area is 205 Å². The van der Waals surface area contributed by atoms with E-state index in [9.17, 15) is 26.4 Å². The fourth-order valence-electron chi connectivity index (χ4n) is 4.18. The Hall–Kier alpha value is -3.54. The third-order valence-electron chi connectivity index (χ3n) is 6.12. The zero-order chi connectivity index (χ0) is 25.8. The number of nitrogens with one attached hydrogen (secondary N) is 1. The van der Waals surface area contributed by atoms with Gasteiger partial charge in [-0.1, -0.05) is 6.07 Å². The summed E-state index contributed by atoms with van der Waals surface area (Å²) in [6.07, 6.45) is -1.34. The van der Waals surface area contributed by atoms with Crippen LogP contribution in [0.3, 0.4) is 0 Å². The van der Waals surface area contributed by atoms with Crippen LogP contribution < -0.4 is 5.32 Å². The van der Waals surface area contributed by atoms with Gasteiger partial charge < -0.3 is 5.32 Å². The maximum Gasteiger partial charge on any atom is 0.277 e. The third-order valence-corrected chi connectivity index (χ3v) is 7.25. The highest BCUT2D eigenvalue weighted by atomic mass is 32.2. The SMILES string of the molecule is Cn1ccc(-c2ccc(Nc3cc(CC(=O)[C@@H]4C[C@@H]4F)nc4c3N=C(C(F)F)C4)c(S(C)(=O)=O)c2)n1. The molecular weight excluding hydrogens is 495 g/mol. The monoisotopic (exact) mass is 517 g/mol. The number of benzene rings is 1. The van der Waals surface area contributed by atoms with Gasteiger partial charge in [0.05, 0.1) is 45.0 Å². The molecule has 12 heteroatoms. The van der Waals surface area contributed by atoms with Crippen LogP contribution >= 0.6 is 0 Å². The van der Waals surface area contributed by atoms with Gasteiger partial charge >= 0.3 is 0 Å².